The van der Waals surface area contributed by atoms with E-state index in [0.717, 1.165) is 13.0 Å². The topological polar surface area (TPSA) is 38.8 Å². The van der Waals surface area contributed by atoms with Gasteiger partial charge in [-0.15, -0.1) is 0 Å². The van der Waals surface area contributed by atoms with E-state index in [4.69, 9.17) is 9.47 Å². The minimum atomic E-state index is -0.236. The Balaban J connectivity index is 2.63. The van der Waals surface area contributed by atoms with Gasteiger partial charge < -0.3 is 14.4 Å². The molecule has 1 amide bonds. The van der Waals surface area contributed by atoms with Crippen LogP contribution in [0.25, 0.3) is 0 Å². The smallest absolute Gasteiger partial charge is 0.409 e. The molecule has 15 heavy (non-hydrogen) atoms. The molecule has 0 unspecified atom stereocenters. The normalized spacial score (nSPS) is 26.1. The molecule has 1 aliphatic heterocycles. The van der Waals surface area contributed by atoms with Gasteiger partial charge in [-0.05, 0) is 18.3 Å². The number of rotatable bonds is 3. The van der Waals surface area contributed by atoms with Crippen LogP contribution in [0.3, 0.4) is 0 Å². The summed E-state index contributed by atoms with van der Waals surface area (Å²) in [6.07, 6.45) is 0.779. The van der Waals surface area contributed by atoms with E-state index in [-0.39, 0.29) is 12.1 Å². The summed E-state index contributed by atoms with van der Waals surface area (Å²) in [5.74, 6) is 1.16. The Hall–Kier alpha value is -0.770. The van der Waals surface area contributed by atoms with E-state index in [2.05, 4.69) is 13.8 Å². The molecule has 0 saturated carbocycles. The molecule has 0 N–H and O–H groups in total. The largest absolute Gasteiger partial charge is 0.453 e. The second kappa shape index (κ2) is 5.35. The highest BCUT2D eigenvalue weighted by molar-refractivity contribution is 5.68. The third-order valence-corrected chi connectivity index (χ3v) is 3.16. The molecule has 88 valence electrons. The molecule has 2 atom stereocenters. The van der Waals surface area contributed by atoms with Gasteiger partial charge in [-0.1, -0.05) is 13.8 Å². The first-order valence-corrected chi connectivity index (χ1v) is 5.43. The van der Waals surface area contributed by atoms with Gasteiger partial charge in [-0.3, -0.25) is 0 Å². The molecule has 0 bridgehead atoms. The molecule has 0 aromatic heterocycles. The average molecular weight is 215 g/mol. The van der Waals surface area contributed by atoms with Crippen LogP contribution >= 0.6 is 0 Å². The lowest BCUT2D eigenvalue weighted by Crippen LogP contribution is -2.38. The summed E-state index contributed by atoms with van der Waals surface area (Å²) in [6, 6.07) is 0.176. The molecule has 4 heteroatoms. The van der Waals surface area contributed by atoms with E-state index in [1.807, 2.05) is 0 Å². The molecule has 1 rings (SSSR count). The molecule has 0 aromatic carbocycles. The first-order chi connectivity index (χ1) is 7.10. The van der Waals surface area contributed by atoms with Crippen LogP contribution in [0.1, 0.15) is 20.3 Å². The Morgan fingerprint density at radius 3 is 2.60 bits per heavy atom. The van der Waals surface area contributed by atoms with Crippen LogP contribution < -0.4 is 0 Å². The fraction of sp³-hybridized carbons (Fsp3) is 0.909. The summed E-state index contributed by atoms with van der Waals surface area (Å²) >= 11 is 0. The molecule has 1 heterocycles. The summed E-state index contributed by atoms with van der Waals surface area (Å²) in [5, 5.41) is 0. The van der Waals surface area contributed by atoms with Crippen molar-refractivity contribution in [3.63, 3.8) is 0 Å². The summed E-state index contributed by atoms with van der Waals surface area (Å²) < 4.78 is 9.90. The lowest BCUT2D eigenvalue weighted by atomic mass is 9.93. The number of hydrogen-bond donors (Lipinski definition) is 0. The molecule has 1 saturated heterocycles. The summed E-state index contributed by atoms with van der Waals surface area (Å²) in [5.41, 5.74) is 0. The zero-order valence-electron chi connectivity index (χ0n) is 10.0. The Morgan fingerprint density at radius 2 is 2.13 bits per heavy atom. The number of methoxy groups -OCH3 is 2. The van der Waals surface area contributed by atoms with Gasteiger partial charge in [0, 0.05) is 13.7 Å². The van der Waals surface area contributed by atoms with Crippen LogP contribution in [0.2, 0.25) is 0 Å². The van der Waals surface area contributed by atoms with Gasteiger partial charge in [0.1, 0.15) is 0 Å². The van der Waals surface area contributed by atoms with Crippen molar-refractivity contribution in [2.45, 2.75) is 26.3 Å². The highest BCUT2D eigenvalue weighted by atomic mass is 16.5. The zero-order chi connectivity index (χ0) is 11.4. The van der Waals surface area contributed by atoms with E-state index >= 15 is 0 Å². The number of nitrogens with zero attached hydrogens (tertiary/aromatic N) is 1. The van der Waals surface area contributed by atoms with Crippen molar-refractivity contribution >= 4 is 6.09 Å². The third kappa shape index (κ3) is 2.84. The van der Waals surface area contributed by atoms with Gasteiger partial charge in [-0.25, -0.2) is 4.79 Å². The van der Waals surface area contributed by atoms with Crippen molar-refractivity contribution in [3.05, 3.63) is 0 Å². The van der Waals surface area contributed by atoms with Crippen LogP contribution in [0.4, 0.5) is 4.79 Å². The van der Waals surface area contributed by atoms with Gasteiger partial charge in [0.15, 0.2) is 0 Å². The fourth-order valence-electron chi connectivity index (χ4n) is 2.13. The minimum absolute atomic E-state index is 0.176. The Kier molecular flexibility index (Phi) is 4.39. The standard InChI is InChI=1S/C11H21NO3/c1-8(2)9-5-10(7-14-3)12(6-9)11(13)15-4/h8-10H,5-7H2,1-4H3/t9-,10+/m0/s1. The number of carbonyl (C=O) groups is 1. The maximum absolute atomic E-state index is 11.5. The van der Waals surface area contributed by atoms with Crippen molar-refractivity contribution in [3.8, 4) is 0 Å². The van der Waals surface area contributed by atoms with Gasteiger partial charge in [0.05, 0.1) is 19.8 Å². The Morgan fingerprint density at radius 1 is 1.47 bits per heavy atom. The Labute approximate surface area is 91.5 Å². The lowest BCUT2D eigenvalue weighted by molar-refractivity contribution is 0.0870. The van der Waals surface area contributed by atoms with Crippen LogP contribution in [-0.2, 0) is 9.47 Å². The lowest BCUT2D eigenvalue weighted by Gasteiger charge is -2.22. The molecule has 1 aliphatic rings. The van der Waals surface area contributed by atoms with Crippen molar-refractivity contribution in [2.75, 3.05) is 27.4 Å². The summed E-state index contributed by atoms with van der Waals surface area (Å²) in [6.45, 7) is 5.77. The summed E-state index contributed by atoms with van der Waals surface area (Å²) in [7, 11) is 3.09. The first-order valence-electron chi connectivity index (χ1n) is 5.43. The van der Waals surface area contributed by atoms with E-state index in [1.165, 1.54) is 7.11 Å². The SMILES string of the molecule is COC[C@H]1C[C@H](C(C)C)CN1C(=O)OC. The second-order valence-electron chi connectivity index (χ2n) is 4.47. The van der Waals surface area contributed by atoms with Gasteiger partial charge in [0.25, 0.3) is 0 Å². The van der Waals surface area contributed by atoms with E-state index in [9.17, 15) is 4.79 Å². The highest BCUT2D eigenvalue weighted by Crippen LogP contribution is 2.29. The van der Waals surface area contributed by atoms with Crippen LogP contribution in [0.15, 0.2) is 0 Å². The van der Waals surface area contributed by atoms with Crippen molar-refractivity contribution in [1.82, 2.24) is 4.90 Å². The predicted molar refractivity (Wildman–Crippen MR) is 57.7 cm³/mol. The van der Waals surface area contributed by atoms with Gasteiger partial charge in [-0.2, -0.15) is 0 Å². The van der Waals surface area contributed by atoms with Crippen LogP contribution in [-0.4, -0.2) is 44.4 Å². The van der Waals surface area contributed by atoms with Gasteiger partial charge >= 0.3 is 6.09 Å². The molecule has 0 aromatic rings. The molecule has 4 nitrogen and oxygen atoms in total. The van der Waals surface area contributed by atoms with Crippen LogP contribution in [0, 0.1) is 11.8 Å². The predicted octanol–water partition coefficient (Wildman–Crippen LogP) is 1.75. The van der Waals surface area contributed by atoms with Crippen molar-refractivity contribution in [1.29, 1.82) is 0 Å². The molecule has 1 fully saturated rings. The third-order valence-electron chi connectivity index (χ3n) is 3.16. The number of hydrogen-bond acceptors (Lipinski definition) is 3. The Bertz CT molecular complexity index is 218. The second-order valence-corrected chi connectivity index (χ2v) is 4.47. The van der Waals surface area contributed by atoms with E-state index < -0.39 is 0 Å². The number of ether oxygens (including phenoxy) is 2. The van der Waals surface area contributed by atoms with Crippen LogP contribution in [0.5, 0.6) is 0 Å². The average Bonchev–Trinajstić information content (AvgIpc) is 2.61. The van der Waals surface area contributed by atoms with E-state index in [0.29, 0.717) is 18.4 Å². The molecular formula is C11H21NO3. The number of carbonyl (C=O) groups excluding carboxylic acids is 1. The van der Waals surface area contributed by atoms with Crippen molar-refractivity contribution in [2.24, 2.45) is 11.8 Å². The molecule has 0 radical (unpaired) electrons. The quantitative estimate of drug-likeness (QED) is 0.720. The van der Waals surface area contributed by atoms with E-state index in [1.54, 1.807) is 12.0 Å². The maximum Gasteiger partial charge on any atom is 0.409 e. The number of amides is 1. The maximum atomic E-state index is 11.5. The molecular weight excluding hydrogens is 194 g/mol. The highest BCUT2D eigenvalue weighted by Gasteiger charge is 2.36. The molecule has 0 aliphatic carbocycles. The minimum Gasteiger partial charge on any atom is -0.453 e. The monoisotopic (exact) mass is 215 g/mol. The fourth-order valence-corrected chi connectivity index (χ4v) is 2.13. The van der Waals surface area contributed by atoms with Gasteiger partial charge in [0.2, 0.25) is 0 Å². The number of likely N-dealkylation sites (tertiary alicyclic amines) is 1. The molecule has 0 spiro atoms. The van der Waals surface area contributed by atoms with Crippen molar-refractivity contribution < 1.29 is 14.3 Å². The zero-order valence-corrected chi connectivity index (χ0v) is 10.0. The summed E-state index contributed by atoms with van der Waals surface area (Å²) in [4.78, 5) is 13.3. The first kappa shape index (κ1) is 12.3.